The third kappa shape index (κ3) is 65.5. The minimum absolute atomic E-state index is 0.109. The van der Waals surface area contributed by atoms with Crippen LogP contribution in [0, 0.1) is 0 Å². The van der Waals surface area contributed by atoms with E-state index >= 15 is 0 Å². The third-order valence-corrected chi connectivity index (χ3v) is 13.2. The van der Waals surface area contributed by atoms with Crippen molar-refractivity contribution in [2.45, 2.75) is 271 Å². The summed E-state index contributed by atoms with van der Waals surface area (Å²) in [7, 11) is 0. The summed E-state index contributed by atoms with van der Waals surface area (Å²) in [5.41, 5.74) is 0. The molecule has 0 aliphatic heterocycles. The monoisotopic (exact) mass is 1110 g/mol. The second-order valence-corrected chi connectivity index (χ2v) is 20.9. The summed E-state index contributed by atoms with van der Waals surface area (Å²) in [4.78, 5) is 38.4. The van der Waals surface area contributed by atoms with Crippen LogP contribution >= 0.6 is 0 Å². The molecule has 0 saturated carbocycles. The molecule has 81 heavy (non-hydrogen) atoms. The van der Waals surface area contributed by atoms with Gasteiger partial charge in [0.1, 0.15) is 13.2 Å². The zero-order chi connectivity index (χ0) is 58.5. The normalized spacial score (nSPS) is 13.3. The van der Waals surface area contributed by atoms with Crippen LogP contribution < -0.4 is 0 Å². The highest BCUT2D eigenvalue weighted by Crippen LogP contribution is 2.14. The molecule has 0 heterocycles. The SMILES string of the molecule is CC/C=C\C/C=C\C/C=C\C/C=C\C/C=C\C/C=C\CCCCCCC(=O)OCC(COC(=O)CCCCCCCCC/C=C\C/C=C\CCCCC)OC(=O)CCCCCC/C=C\C/C=C\C/C=C\C/C=C\C/C=C\C/C=C\CC. The first-order valence-corrected chi connectivity index (χ1v) is 32.6. The molecule has 6 nitrogen and oxygen atoms in total. The second-order valence-electron chi connectivity index (χ2n) is 20.9. The molecule has 0 aliphatic rings. The van der Waals surface area contributed by atoms with Gasteiger partial charge in [-0.25, -0.2) is 0 Å². The molecule has 0 bridgehead atoms. The van der Waals surface area contributed by atoms with Crippen molar-refractivity contribution in [3.63, 3.8) is 0 Å². The molecule has 6 heteroatoms. The molecule has 0 aliphatic carbocycles. The summed E-state index contributed by atoms with van der Waals surface area (Å²) < 4.78 is 16.9. The Balaban J connectivity index is 4.55. The Kier molecular flexibility index (Phi) is 62.9. The quantitative estimate of drug-likeness (QED) is 0.0261. The molecule has 0 aromatic carbocycles. The van der Waals surface area contributed by atoms with Gasteiger partial charge in [0.25, 0.3) is 0 Å². The predicted octanol–water partition coefficient (Wildman–Crippen LogP) is 22.7. The van der Waals surface area contributed by atoms with Gasteiger partial charge in [-0.1, -0.05) is 262 Å². The summed E-state index contributed by atoms with van der Waals surface area (Å²) in [5.74, 6) is -0.971. The molecule has 0 N–H and O–H groups in total. The maximum absolute atomic E-state index is 12.9. The second kappa shape index (κ2) is 67.3. The number of hydrogen-bond donors (Lipinski definition) is 0. The van der Waals surface area contributed by atoms with Crippen molar-refractivity contribution in [3.8, 4) is 0 Å². The molecular weight excluding hydrogens is 997 g/mol. The molecule has 1 unspecified atom stereocenters. The van der Waals surface area contributed by atoms with E-state index in [2.05, 4.69) is 191 Å². The van der Waals surface area contributed by atoms with Crippen molar-refractivity contribution in [1.82, 2.24) is 0 Å². The lowest BCUT2D eigenvalue weighted by molar-refractivity contribution is -0.167. The van der Waals surface area contributed by atoms with Gasteiger partial charge in [0.15, 0.2) is 6.10 Å². The number of allylic oxidation sites excluding steroid dienone is 28. The van der Waals surface area contributed by atoms with E-state index in [1.807, 2.05) is 0 Å². The van der Waals surface area contributed by atoms with Crippen LogP contribution in [0.2, 0.25) is 0 Å². The highest BCUT2D eigenvalue weighted by Gasteiger charge is 2.19. The number of rotatable bonds is 57. The highest BCUT2D eigenvalue weighted by molar-refractivity contribution is 5.71. The number of carbonyl (C=O) groups excluding carboxylic acids is 3. The number of ether oxygens (including phenoxy) is 3. The van der Waals surface area contributed by atoms with E-state index in [-0.39, 0.29) is 37.5 Å². The molecule has 0 rings (SSSR count). The Morgan fingerprint density at radius 1 is 0.259 bits per heavy atom. The van der Waals surface area contributed by atoms with Crippen LogP contribution in [0.1, 0.15) is 265 Å². The Morgan fingerprint density at radius 2 is 0.481 bits per heavy atom. The van der Waals surface area contributed by atoms with Gasteiger partial charge in [-0.05, 0) is 154 Å². The van der Waals surface area contributed by atoms with Crippen LogP contribution in [-0.2, 0) is 28.6 Å². The van der Waals surface area contributed by atoms with Crippen molar-refractivity contribution in [2.24, 2.45) is 0 Å². The standard InChI is InChI=1S/C75H118O6/c1-4-7-10-13-16-19-22-25-28-31-33-35-37-39-41-44-47-50-53-56-59-62-65-68-74(77)80-71-72(70-79-73(76)67-64-61-58-55-52-49-46-43-30-27-24-21-18-15-12-9-6-3)81-75(78)69-66-63-60-57-54-51-48-45-42-40-38-36-34-32-29-26-23-20-17-14-11-8-5-2/h7-8,10-11,16-21,25-30,33-36,39-42,47-48,50-51,72H,4-6,9,12-15,22-24,31-32,37-38,43-46,49,52-71H2,1-3H3/b10-7-,11-8-,19-16-,20-17-,21-18-,28-25-,29-26-,30-27-,35-33-,36-34-,41-39-,42-40-,50-47-,51-48-. The van der Waals surface area contributed by atoms with Crippen LogP contribution in [0.3, 0.4) is 0 Å². The van der Waals surface area contributed by atoms with E-state index in [4.69, 9.17) is 14.2 Å². The number of hydrogen-bond acceptors (Lipinski definition) is 6. The van der Waals surface area contributed by atoms with Crippen molar-refractivity contribution < 1.29 is 28.6 Å². The minimum atomic E-state index is -0.818. The molecule has 0 fully saturated rings. The number of carbonyl (C=O) groups is 3. The molecule has 0 spiro atoms. The average Bonchev–Trinajstić information content (AvgIpc) is 3.47. The summed E-state index contributed by atoms with van der Waals surface area (Å²) >= 11 is 0. The number of esters is 3. The Hall–Kier alpha value is -5.23. The van der Waals surface area contributed by atoms with Gasteiger partial charge >= 0.3 is 17.9 Å². The fraction of sp³-hybridized carbons (Fsp3) is 0.587. The van der Waals surface area contributed by atoms with E-state index in [1.54, 1.807) is 0 Å². The number of unbranched alkanes of at least 4 members (excludes halogenated alkanes) is 18. The average molecular weight is 1120 g/mol. The Bertz CT molecular complexity index is 1860. The van der Waals surface area contributed by atoms with Crippen LogP contribution in [-0.4, -0.2) is 37.2 Å². The fourth-order valence-electron chi connectivity index (χ4n) is 8.36. The molecule has 0 aromatic heterocycles. The van der Waals surface area contributed by atoms with Crippen molar-refractivity contribution in [2.75, 3.05) is 13.2 Å². The first-order chi connectivity index (χ1) is 40.0. The Morgan fingerprint density at radius 3 is 0.753 bits per heavy atom. The van der Waals surface area contributed by atoms with Gasteiger partial charge in [0.05, 0.1) is 0 Å². The van der Waals surface area contributed by atoms with Gasteiger partial charge < -0.3 is 14.2 Å². The van der Waals surface area contributed by atoms with Crippen molar-refractivity contribution >= 4 is 17.9 Å². The smallest absolute Gasteiger partial charge is 0.306 e. The van der Waals surface area contributed by atoms with Crippen LogP contribution in [0.25, 0.3) is 0 Å². The van der Waals surface area contributed by atoms with Gasteiger partial charge in [0.2, 0.25) is 0 Å². The molecule has 454 valence electrons. The fourth-order valence-corrected chi connectivity index (χ4v) is 8.36. The summed E-state index contributed by atoms with van der Waals surface area (Å²) in [6, 6.07) is 0. The third-order valence-electron chi connectivity index (χ3n) is 13.2. The first kappa shape index (κ1) is 75.8. The molecule has 0 radical (unpaired) electrons. The molecule has 0 saturated heterocycles. The lowest BCUT2D eigenvalue weighted by atomic mass is 10.1. The molecule has 0 amide bonds. The van der Waals surface area contributed by atoms with E-state index in [9.17, 15) is 14.4 Å². The Labute approximate surface area is 498 Å². The largest absolute Gasteiger partial charge is 0.462 e. The van der Waals surface area contributed by atoms with Crippen LogP contribution in [0.15, 0.2) is 170 Å². The molecular formula is C75H118O6. The van der Waals surface area contributed by atoms with Crippen LogP contribution in [0.5, 0.6) is 0 Å². The highest BCUT2D eigenvalue weighted by atomic mass is 16.6. The minimum Gasteiger partial charge on any atom is -0.462 e. The van der Waals surface area contributed by atoms with E-state index < -0.39 is 6.10 Å². The summed E-state index contributed by atoms with van der Waals surface area (Å²) in [6.45, 7) is 6.34. The first-order valence-electron chi connectivity index (χ1n) is 32.6. The predicted molar refractivity (Wildman–Crippen MR) is 352 cm³/mol. The molecule has 0 aromatic rings. The van der Waals surface area contributed by atoms with E-state index in [0.29, 0.717) is 12.8 Å². The molecule has 1 atom stereocenters. The lowest BCUT2D eigenvalue weighted by Crippen LogP contribution is -2.30. The lowest BCUT2D eigenvalue weighted by Gasteiger charge is -2.18. The zero-order valence-corrected chi connectivity index (χ0v) is 52.0. The van der Waals surface area contributed by atoms with E-state index in [0.717, 1.165) is 173 Å². The van der Waals surface area contributed by atoms with Gasteiger partial charge in [0, 0.05) is 19.3 Å². The topological polar surface area (TPSA) is 78.9 Å². The van der Waals surface area contributed by atoms with E-state index in [1.165, 1.54) is 51.4 Å². The van der Waals surface area contributed by atoms with Crippen molar-refractivity contribution in [1.29, 1.82) is 0 Å². The van der Waals surface area contributed by atoms with Gasteiger partial charge in [-0.15, -0.1) is 0 Å². The summed E-state index contributed by atoms with van der Waals surface area (Å²) in [6.07, 6.45) is 99.2. The maximum Gasteiger partial charge on any atom is 0.306 e. The summed E-state index contributed by atoms with van der Waals surface area (Å²) in [5, 5.41) is 0. The van der Waals surface area contributed by atoms with Crippen molar-refractivity contribution in [3.05, 3.63) is 170 Å². The van der Waals surface area contributed by atoms with Gasteiger partial charge in [-0.2, -0.15) is 0 Å². The van der Waals surface area contributed by atoms with Gasteiger partial charge in [-0.3, -0.25) is 14.4 Å². The van der Waals surface area contributed by atoms with Crippen LogP contribution in [0.4, 0.5) is 0 Å². The zero-order valence-electron chi connectivity index (χ0n) is 52.0. The maximum atomic E-state index is 12.9.